The summed E-state index contributed by atoms with van der Waals surface area (Å²) in [4.78, 5) is 0. The summed E-state index contributed by atoms with van der Waals surface area (Å²) < 4.78 is 6.05. The molecule has 2 heteroatoms. The lowest BCUT2D eigenvalue weighted by molar-refractivity contribution is 0.0319. The molecule has 0 aromatic heterocycles. The van der Waals surface area contributed by atoms with Gasteiger partial charge in [-0.25, -0.2) is 0 Å². The van der Waals surface area contributed by atoms with Crippen molar-refractivity contribution in [2.75, 3.05) is 13.1 Å². The first-order chi connectivity index (χ1) is 5.73. The molecule has 1 saturated heterocycles. The highest BCUT2D eigenvalue weighted by molar-refractivity contribution is 5.42. The predicted octanol–water partition coefficient (Wildman–Crippen LogP) is 0.939. The lowest BCUT2D eigenvalue weighted by atomic mass is 10.2. The van der Waals surface area contributed by atoms with Crippen LogP contribution in [0.5, 0.6) is 0 Å². The Balaban J connectivity index is 1.76. The third-order valence-corrected chi connectivity index (χ3v) is 3.62. The van der Waals surface area contributed by atoms with Gasteiger partial charge in [0.2, 0.25) is 0 Å². The fourth-order valence-electron chi connectivity index (χ4n) is 2.34. The van der Waals surface area contributed by atoms with Gasteiger partial charge >= 0.3 is 0 Å². The van der Waals surface area contributed by atoms with E-state index < -0.39 is 0 Å². The van der Waals surface area contributed by atoms with Crippen LogP contribution in [0.1, 0.15) is 13.8 Å². The van der Waals surface area contributed by atoms with Gasteiger partial charge in [0.25, 0.3) is 0 Å². The molecule has 0 aromatic rings. The topological polar surface area (TPSA) is 21.3 Å². The van der Waals surface area contributed by atoms with Crippen LogP contribution in [-0.4, -0.2) is 24.8 Å². The number of hydrogen-bond donors (Lipinski definition) is 1. The van der Waals surface area contributed by atoms with Crippen LogP contribution in [-0.2, 0) is 4.74 Å². The van der Waals surface area contributed by atoms with Crippen LogP contribution >= 0.6 is 0 Å². The second-order valence-corrected chi connectivity index (χ2v) is 4.45. The summed E-state index contributed by atoms with van der Waals surface area (Å²) in [5.74, 6) is 1.56. The Kier molecular flexibility index (Phi) is 1.15. The van der Waals surface area contributed by atoms with E-state index in [1.54, 1.807) is 0 Å². The van der Waals surface area contributed by atoms with Crippen LogP contribution in [0.15, 0.2) is 11.6 Å². The quantitative estimate of drug-likeness (QED) is 0.539. The maximum absolute atomic E-state index is 6.05. The van der Waals surface area contributed by atoms with Crippen molar-refractivity contribution in [2.24, 2.45) is 11.8 Å². The molecule has 12 heavy (non-hydrogen) atoms. The number of fused-ring (bicyclic) bond motifs is 1. The minimum Gasteiger partial charge on any atom is -0.361 e. The average molecular weight is 165 g/mol. The van der Waals surface area contributed by atoms with Crippen LogP contribution in [0.2, 0.25) is 0 Å². The van der Waals surface area contributed by atoms with Crippen molar-refractivity contribution >= 4 is 0 Å². The minimum atomic E-state index is 0.0458. The third kappa shape index (κ3) is 0.771. The van der Waals surface area contributed by atoms with Crippen LogP contribution in [0, 0.1) is 11.8 Å². The molecule has 4 atom stereocenters. The van der Waals surface area contributed by atoms with Crippen LogP contribution in [0.3, 0.4) is 0 Å². The highest BCUT2D eigenvalue weighted by atomic mass is 16.5. The lowest BCUT2D eigenvalue weighted by Gasteiger charge is -2.17. The predicted molar refractivity (Wildman–Crippen MR) is 46.9 cm³/mol. The first-order valence-electron chi connectivity index (χ1n) is 4.81. The zero-order valence-electron chi connectivity index (χ0n) is 7.63. The summed E-state index contributed by atoms with van der Waals surface area (Å²) in [5, 5.41) is 3.48. The van der Waals surface area contributed by atoms with Crippen molar-refractivity contribution in [2.45, 2.75) is 25.6 Å². The molecule has 1 spiro atoms. The number of nitrogens with one attached hydrogen (secondary N) is 1. The molecule has 1 N–H and O–H groups in total. The zero-order valence-corrected chi connectivity index (χ0v) is 7.63. The smallest absolute Gasteiger partial charge is 0.120 e. The van der Waals surface area contributed by atoms with E-state index in [1.165, 1.54) is 5.57 Å². The van der Waals surface area contributed by atoms with Crippen molar-refractivity contribution in [1.29, 1.82) is 0 Å². The van der Waals surface area contributed by atoms with Gasteiger partial charge in [0.1, 0.15) is 5.60 Å². The summed E-state index contributed by atoms with van der Waals surface area (Å²) >= 11 is 0. The molecule has 2 aliphatic carbocycles. The lowest BCUT2D eigenvalue weighted by Crippen LogP contribution is -2.32. The molecule has 3 rings (SSSR count). The molecule has 1 heterocycles. The molecule has 2 fully saturated rings. The highest BCUT2D eigenvalue weighted by Crippen LogP contribution is 2.50. The number of rotatable bonds is 0. The van der Waals surface area contributed by atoms with E-state index in [4.69, 9.17) is 4.74 Å². The second-order valence-electron chi connectivity index (χ2n) is 4.45. The Morgan fingerprint density at radius 3 is 3.08 bits per heavy atom. The standard InChI is InChI=1S/C10H15NO/c1-6-3-10(6)5-11-4-8-7(2)9(8)12-10/h3,7-9,11H,4-5H2,1-2H3/t7-,8?,9?,10?/m1/s1. The first kappa shape index (κ1) is 7.10. The largest absolute Gasteiger partial charge is 0.361 e. The van der Waals surface area contributed by atoms with Crippen molar-refractivity contribution in [3.05, 3.63) is 11.6 Å². The monoisotopic (exact) mass is 165 g/mol. The molecule has 2 nitrogen and oxygen atoms in total. The number of hydrogen-bond acceptors (Lipinski definition) is 2. The van der Waals surface area contributed by atoms with Crippen LogP contribution in [0.4, 0.5) is 0 Å². The Hall–Kier alpha value is -0.340. The van der Waals surface area contributed by atoms with E-state index in [-0.39, 0.29) is 5.60 Å². The summed E-state index contributed by atoms with van der Waals surface area (Å²) in [6.45, 7) is 6.59. The van der Waals surface area contributed by atoms with Gasteiger partial charge < -0.3 is 10.1 Å². The second kappa shape index (κ2) is 1.94. The summed E-state index contributed by atoms with van der Waals surface area (Å²) in [6.07, 6.45) is 2.78. The maximum atomic E-state index is 6.05. The Morgan fingerprint density at radius 2 is 2.42 bits per heavy atom. The molecule has 0 amide bonds. The van der Waals surface area contributed by atoms with E-state index in [2.05, 4.69) is 25.2 Å². The van der Waals surface area contributed by atoms with Gasteiger partial charge in [-0.05, 0) is 24.5 Å². The molecule has 3 unspecified atom stereocenters. The Labute approximate surface area is 73.0 Å². The molecule has 1 aliphatic heterocycles. The Morgan fingerprint density at radius 1 is 1.67 bits per heavy atom. The molecule has 66 valence electrons. The molecular weight excluding hydrogens is 150 g/mol. The Bertz CT molecular complexity index is 261. The molecular formula is C10H15NO. The fraction of sp³-hybridized carbons (Fsp3) is 0.800. The first-order valence-corrected chi connectivity index (χ1v) is 4.81. The van der Waals surface area contributed by atoms with E-state index in [9.17, 15) is 0 Å². The fourth-order valence-corrected chi connectivity index (χ4v) is 2.34. The molecule has 3 aliphatic rings. The van der Waals surface area contributed by atoms with Gasteiger partial charge in [-0.15, -0.1) is 0 Å². The van der Waals surface area contributed by atoms with Gasteiger partial charge in [0.15, 0.2) is 0 Å². The van der Waals surface area contributed by atoms with Crippen LogP contribution < -0.4 is 5.32 Å². The summed E-state index contributed by atoms with van der Waals surface area (Å²) in [5.41, 5.74) is 1.46. The van der Waals surface area contributed by atoms with Crippen molar-refractivity contribution in [3.8, 4) is 0 Å². The van der Waals surface area contributed by atoms with E-state index >= 15 is 0 Å². The van der Waals surface area contributed by atoms with E-state index in [0.29, 0.717) is 6.10 Å². The minimum absolute atomic E-state index is 0.0458. The van der Waals surface area contributed by atoms with Gasteiger partial charge in [-0.2, -0.15) is 0 Å². The van der Waals surface area contributed by atoms with Crippen molar-refractivity contribution in [1.82, 2.24) is 5.32 Å². The van der Waals surface area contributed by atoms with E-state index in [1.807, 2.05) is 0 Å². The maximum Gasteiger partial charge on any atom is 0.120 e. The van der Waals surface area contributed by atoms with Gasteiger partial charge in [0, 0.05) is 19.0 Å². The van der Waals surface area contributed by atoms with E-state index in [0.717, 1.165) is 24.9 Å². The zero-order chi connectivity index (χ0) is 8.34. The normalized spacial score (nSPS) is 55.8. The summed E-state index contributed by atoms with van der Waals surface area (Å²) in [7, 11) is 0. The SMILES string of the molecule is CC1=CC12CNCC1C(O2)[C@@H]1C. The molecule has 0 radical (unpaired) electrons. The molecule has 1 saturated carbocycles. The third-order valence-electron chi connectivity index (χ3n) is 3.62. The summed E-state index contributed by atoms with van der Waals surface area (Å²) in [6, 6.07) is 0. The van der Waals surface area contributed by atoms with Crippen molar-refractivity contribution in [3.63, 3.8) is 0 Å². The van der Waals surface area contributed by atoms with Gasteiger partial charge in [0.05, 0.1) is 6.10 Å². The molecule has 0 bridgehead atoms. The average Bonchev–Trinajstić information content (AvgIpc) is 2.86. The number of ether oxygens (including phenoxy) is 1. The highest BCUT2D eigenvalue weighted by Gasteiger charge is 2.56. The van der Waals surface area contributed by atoms with Gasteiger partial charge in [-0.1, -0.05) is 6.92 Å². The van der Waals surface area contributed by atoms with Crippen LogP contribution in [0.25, 0.3) is 0 Å². The molecule has 0 aromatic carbocycles. The van der Waals surface area contributed by atoms with Crippen molar-refractivity contribution < 1.29 is 4.74 Å². The van der Waals surface area contributed by atoms with Gasteiger partial charge in [-0.3, -0.25) is 0 Å².